The minimum atomic E-state index is -0.274. The molecule has 150 valence electrons. The highest BCUT2D eigenvalue weighted by Gasteiger charge is 2.32. The number of piperidine rings is 1. The molecule has 2 rings (SSSR count). The third kappa shape index (κ3) is 7.67. The van der Waals surface area contributed by atoms with E-state index in [1.807, 2.05) is 26.8 Å². The van der Waals surface area contributed by atoms with Crippen LogP contribution in [0.15, 0.2) is 12.7 Å². The Hall–Kier alpha value is -1.07. The Morgan fingerprint density at radius 3 is 2.73 bits per heavy atom. The zero-order valence-corrected chi connectivity index (χ0v) is 17.0. The molecule has 1 aliphatic heterocycles. The van der Waals surface area contributed by atoms with Crippen molar-refractivity contribution in [1.29, 1.82) is 0 Å². The topological polar surface area (TPSA) is 50.8 Å². The van der Waals surface area contributed by atoms with E-state index in [2.05, 4.69) is 16.8 Å². The minimum Gasteiger partial charge on any atom is -0.446 e. The molecule has 1 saturated carbocycles. The number of rotatable bonds is 7. The number of alkyl carbamates (subject to hydrolysis) is 1. The Kier molecular flexibility index (Phi) is 8.42. The summed E-state index contributed by atoms with van der Waals surface area (Å²) in [4.78, 5) is 14.7. The zero-order valence-electron chi connectivity index (χ0n) is 17.0. The average molecular weight is 367 g/mol. The third-order valence-electron chi connectivity index (χ3n) is 5.26. The molecule has 3 atom stereocenters. The molecular weight excluding hydrogens is 328 g/mol. The van der Waals surface area contributed by atoms with E-state index in [4.69, 9.17) is 9.47 Å². The van der Waals surface area contributed by atoms with Gasteiger partial charge in [0.1, 0.15) is 6.10 Å². The second kappa shape index (κ2) is 10.3. The summed E-state index contributed by atoms with van der Waals surface area (Å²) in [5.74, 6) is 1.05. The van der Waals surface area contributed by atoms with Gasteiger partial charge in [-0.25, -0.2) is 4.79 Å². The fraction of sp³-hybridized carbons (Fsp3) is 0.857. The van der Waals surface area contributed by atoms with E-state index in [1.54, 1.807) is 0 Å². The van der Waals surface area contributed by atoms with Gasteiger partial charge in [0.05, 0.1) is 13.2 Å². The fourth-order valence-corrected chi connectivity index (χ4v) is 4.11. The number of carbonyl (C=O) groups is 1. The van der Waals surface area contributed by atoms with Gasteiger partial charge in [-0.3, -0.25) is 0 Å². The predicted octanol–water partition coefficient (Wildman–Crippen LogP) is 3.98. The summed E-state index contributed by atoms with van der Waals surface area (Å²) in [7, 11) is 0. The molecule has 0 aromatic carbocycles. The summed E-state index contributed by atoms with van der Waals surface area (Å²) >= 11 is 0. The first-order valence-electron chi connectivity index (χ1n) is 10.3. The highest BCUT2D eigenvalue weighted by atomic mass is 16.6. The van der Waals surface area contributed by atoms with Crippen LogP contribution >= 0.6 is 0 Å². The zero-order chi connectivity index (χ0) is 19.0. The lowest BCUT2D eigenvalue weighted by molar-refractivity contribution is 0.00792. The smallest absolute Gasteiger partial charge is 0.407 e. The van der Waals surface area contributed by atoms with Crippen LogP contribution in [0.1, 0.15) is 59.3 Å². The molecule has 1 N–H and O–H groups in total. The number of likely N-dealkylation sites (tertiary alicyclic amines) is 1. The molecule has 1 aliphatic carbocycles. The molecule has 0 spiro atoms. The molecule has 0 aromatic rings. The Balaban J connectivity index is 1.82. The SMILES string of the molecule is C=CCOC[C@@H]1CCCN(CC2CCCCC2OC(=O)NC(C)(C)C)C1. The van der Waals surface area contributed by atoms with Crippen LogP contribution in [-0.2, 0) is 9.47 Å². The molecule has 2 aliphatic rings. The first-order valence-corrected chi connectivity index (χ1v) is 10.3. The Morgan fingerprint density at radius 1 is 1.23 bits per heavy atom. The summed E-state index contributed by atoms with van der Waals surface area (Å²) in [6.45, 7) is 14.4. The molecule has 5 heteroatoms. The highest BCUT2D eigenvalue weighted by molar-refractivity contribution is 5.68. The van der Waals surface area contributed by atoms with Gasteiger partial charge in [0.25, 0.3) is 0 Å². The molecule has 1 amide bonds. The van der Waals surface area contributed by atoms with Gasteiger partial charge in [0, 0.05) is 24.5 Å². The van der Waals surface area contributed by atoms with Gasteiger partial charge in [-0.1, -0.05) is 12.5 Å². The predicted molar refractivity (Wildman–Crippen MR) is 105 cm³/mol. The number of hydrogen-bond donors (Lipinski definition) is 1. The lowest BCUT2D eigenvalue weighted by Crippen LogP contribution is -2.47. The van der Waals surface area contributed by atoms with Crippen LogP contribution < -0.4 is 5.32 Å². The standard InChI is InChI=1S/C21H38N2O3/c1-5-13-25-16-17-9-8-12-23(14-17)15-18-10-6-7-11-19(18)26-20(24)22-21(2,3)4/h5,17-19H,1,6-16H2,2-4H3,(H,22,24)/t17-,18?,19?/m1/s1. The summed E-state index contributed by atoms with van der Waals surface area (Å²) in [6.07, 6.45) is 8.59. The lowest BCUT2D eigenvalue weighted by atomic mass is 9.85. The van der Waals surface area contributed by atoms with Crippen LogP contribution in [0.3, 0.4) is 0 Å². The van der Waals surface area contributed by atoms with Gasteiger partial charge < -0.3 is 19.7 Å². The third-order valence-corrected chi connectivity index (χ3v) is 5.26. The van der Waals surface area contributed by atoms with Gasteiger partial charge in [0.2, 0.25) is 0 Å². The number of amides is 1. The van der Waals surface area contributed by atoms with Gasteiger partial charge in [-0.15, -0.1) is 6.58 Å². The number of carbonyl (C=O) groups excluding carboxylic acids is 1. The van der Waals surface area contributed by atoms with Crippen LogP contribution in [0.5, 0.6) is 0 Å². The lowest BCUT2D eigenvalue weighted by Gasteiger charge is -2.38. The van der Waals surface area contributed by atoms with Crippen molar-refractivity contribution in [1.82, 2.24) is 10.2 Å². The summed E-state index contributed by atoms with van der Waals surface area (Å²) < 4.78 is 11.5. The Labute approximate surface area is 159 Å². The summed E-state index contributed by atoms with van der Waals surface area (Å²) in [5.41, 5.74) is -0.257. The van der Waals surface area contributed by atoms with Crippen LogP contribution in [0.2, 0.25) is 0 Å². The van der Waals surface area contributed by atoms with Crippen LogP contribution in [-0.4, -0.2) is 55.5 Å². The van der Waals surface area contributed by atoms with Crippen molar-refractivity contribution in [3.8, 4) is 0 Å². The molecule has 2 unspecified atom stereocenters. The van der Waals surface area contributed by atoms with E-state index in [1.165, 1.54) is 19.3 Å². The monoisotopic (exact) mass is 366 g/mol. The maximum absolute atomic E-state index is 12.2. The van der Waals surface area contributed by atoms with Crippen molar-refractivity contribution >= 4 is 6.09 Å². The fourth-order valence-electron chi connectivity index (χ4n) is 4.11. The largest absolute Gasteiger partial charge is 0.446 e. The number of ether oxygens (including phenoxy) is 2. The van der Waals surface area contributed by atoms with E-state index in [0.29, 0.717) is 18.4 Å². The average Bonchev–Trinajstić information content (AvgIpc) is 2.56. The summed E-state index contributed by atoms with van der Waals surface area (Å²) in [5, 5.41) is 2.93. The van der Waals surface area contributed by atoms with Crippen molar-refractivity contribution in [3.05, 3.63) is 12.7 Å². The Morgan fingerprint density at radius 2 is 2.00 bits per heavy atom. The minimum absolute atomic E-state index is 0.0449. The van der Waals surface area contributed by atoms with E-state index < -0.39 is 0 Å². The first-order chi connectivity index (χ1) is 12.4. The number of nitrogens with zero attached hydrogens (tertiary/aromatic N) is 1. The second-order valence-electron chi connectivity index (χ2n) is 8.96. The molecule has 26 heavy (non-hydrogen) atoms. The van der Waals surface area contributed by atoms with Crippen molar-refractivity contribution in [2.75, 3.05) is 32.8 Å². The van der Waals surface area contributed by atoms with Crippen LogP contribution in [0.25, 0.3) is 0 Å². The molecular formula is C21H38N2O3. The van der Waals surface area contributed by atoms with Crippen molar-refractivity contribution in [2.45, 2.75) is 70.9 Å². The highest BCUT2D eigenvalue weighted by Crippen LogP contribution is 2.29. The molecule has 1 saturated heterocycles. The van der Waals surface area contributed by atoms with Gasteiger partial charge in [-0.2, -0.15) is 0 Å². The van der Waals surface area contributed by atoms with Gasteiger partial charge in [-0.05, 0) is 65.3 Å². The molecule has 0 radical (unpaired) electrons. The van der Waals surface area contributed by atoms with Crippen molar-refractivity contribution in [3.63, 3.8) is 0 Å². The quantitative estimate of drug-likeness (QED) is 0.547. The molecule has 1 heterocycles. The molecule has 0 aromatic heterocycles. The van der Waals surface area contributed by atoms with Gasteiger partial charge in [0.15, 0.2) is 0 Å². The Bertz CT molecular complexity index is 447. The number of nitrogens with one attached hydrogen (secondary N) is 1. The molecule has 5 nitrogen and oxygen atoms in total. The van der Waals surface area contributed by atoms with E-state index in [9.17, 15) is 4.79 Å². The van der Waals surface area contributed by atoms with E-state index in [0.717, 1.165) is 45.5 Å². The van der Waals surface area contributed by atoms with Crippen molar-refractivity contribution in [2.24, 2.45) is 11.8 Å². The second-order valence-corrected chi connectivity index (χ2v) is 8.96. The van der Waals surface area contributed by atoms with E-state index >= 15 is 0 Å². The first kappa shape index (κ1) is 21.2. The molecule has 2 fully saturated rings. The van der Waals surface area contributed by atoms with E-state index in [-0.39, 0.29) is 17.7 Å². The van der Waals surface area contributed by atoms with Gasteiger partial charge >= 0.3 is 6.09 Å². The normalized spacial score (nSPS) is 27.7. The van der Waals surface area contributed by atoms with Crippen LogP contribution in [0, 0.1) is 11.8 Å². The summed E-state index contributed by atoms with van der Waals surface area (Å²) in [6, 6.07) is 0. The maximum Gasteiger partial charge on any atom is 0.407 e. The van der Waals surface area contributed by atoms with Crippen molar-refractivity contribution < 1.29 is 14.3 Å². The number of hydrogen-bond acceptors (Lipinski definition) is 4. The molecule has 0 bridgehead atoms. The van der Waals surface area contributed by atoms with Crippen LogP contribution in [0.4, 0.5) is 4.79 Å². The maximum atomic E-state index is 12.2.